The van der Waals surface area contributed by atoms with E-state index in [1.54, 1.807) is 14.2 Å². The molecule has 0 unspecified atom stereocenters. The number of hydrogen-bond acceptors (Lipinski definition) is 2. The van der Waals surface area contributed by atoms with Crippen LogP contribution in [0.15, 0.2) is 25.7 Å². The molecular weight excluding hydrogens is 120 g/mol. The third-order valence-electron chi connectivity index (χ3n) is 0.333. The lowest BCUT2D eigenvalue weighted by Crippen LogP contribution is -1.54. The zero-order valence-corrected chi connectivity index (χ0v) is 5.89. The van der Waals surface area contributed by atoms with Crippen molar-refractivity contribution in [1.29, 1.82) is 0 Å². The maximum absolute atomic E-state index is 4.31. The summed E-state index contributed by atoms with van der Waals surface area (Å²) < 4.78 is 8.61. The minimum absolute atomic E-state index is 0. The van der Waals surface area contributed by atoms with Crippen LogP contribution < -0.4 is 0 Å². The molecule has 0 aromatic carbocycles. The van der Waals surface area contributed by atoms with E-state index in [1.165, 1.54) is 12.5 Å². The second kappa shape index (κ2) is 27.8. The van der Waals surface area contributed by atoms with Gasteiger partial charge in [0.15, 0.2) is 0 Å². The summed E-state index contributed by atoms with van der Waals surface area (Å²) in [5, 5.41) is 0. The predicted molar refractivity (Wildman–Crippen MR) is 38.0 cm³/mol. The molecule has 0 aromatic heterocycles. The molecule has 0 aromatic rings. The van der Waals surface area contributed by atoms with Crippen LogP contribution in [0.2, 0.25) is 0 Å². The highest BCUT2D eigenvalue weighted by Gasteiger charge is 1.36. The number of hydrogen-bond donors (Lipinski definition) is 0. The van der Waals surface area contributed by atoms with Gasteiger partial charge in [-0.1, -0.05) is 13.2 Å². The van der Waals surface area contributed by atoms with Crippen LogP contribution in [0.3, 0.4) is 0 Å². The van der Waals surface area contributed by atoms with E-state index in [0.717, 1.165) is 0 Å². The van der Waals surface area contributed by atoms with Crippen molar-refractivity contribution in [3.8, 4) is 0 Å². The van der Waals surface area contributed by atoms with E-state index in [0.29, 0.717) is 0 Å². The molecule has 0 fully saturated rings. The molecular formula is C6H14O3. The van der Waals surface area contributed by atoms with Crippen LogP contribution in [0.5, 0.6) is 0 Å². The number of methoxy groups -OCH3 is 2. The van der Waals surface area contributed by atoms with Crippen LogP contribution in [-0.4, -0.2) is 19.7 Å². The van der Waals surface area contributed by atoms with Crippen LogP contribution in [0, 0.1) is 0 Å². The Kier molecular flexibility index (Phi) is 48.4. The molecule has 0 radical (unpaired) electrons. The van der Waals surface area contributed by atoms with Gasteiger partial charge in [-0.25, -0.2) is 0 Å². The zero-order chi connectivity index (χ0) is 6.83. The van der Waals surface area contributed by atoms with Crippen LogP contribution in [0.4, 0.5) is 0 Å². The van der Waals surface area contributed by atoms with E-state index in [9.17, 15) is 0 Å². The van der Waals surface area contributed by atoms with Gasteiger partial charge in [-0.15, -0.1) is 0 Å². The average Bonchev–Trinajstić information content (AvgIpc) is 1.88. The molecule has 0 aliphatic rings. The summed E-state index contributed by atoms with van der Waals surface area (Å²) in [6.45, 7) is 6.51. The predicted octanol–water partition coefficient (Wildman–Crippen LogP) is 0.728. The SMILES string of the molecule is C=COC.C=COC.O. The Labute approximate surface area is 55.9 Å². The molecule has 0 saturated heterocycles. The Morgan fingerprint density at radius 1 is 1.00 bits per heavy atom. The Morgan fingerprint density at radius 3 is 1.11 bits per heavy atom. The van der Waals surface area contributed by atoms with Crippen molar-refractivity contribution >= 4 is 0 Å². The molecule has 0 spiro atoms. The Hall–Kier alpha value is -0.960. The minimum Gasteiger partial charge on any atom is -0.505 e. The van der Waals surface area contributed by atoms with Gasteiger partial charge in [0.05, 0.1) is 26.7 Å². The van der Waals surface area contributed by atoms with Gasteiger partial charge in [-0.05, 0) is 0 Å². The molecule has 56 valence electrons. The van der Waals surface area contributed by atoms with Crippen molar-refractivity contribution in [2.75, 3.05) is 14.2 Å². The normalized spacial score (nSPS) is 4.67. The zero-order valence-electron chi connectivity index (χ0n) is 5.89. The van der Waals surface area contributed by atoms with Crippen LogP contribution in [0.1, 0.15) is 0 Å². The maximum atomic E-state index is 4.31. The Balaban J connectivity index is -0.0000000720. The van der Waals surface area contributed by atoms with Gasteiger partial charge in [0.1, 0.15) is 0 Å². The standard InChI is InChI=1S/2C3H6O.H2O/c2*1-3-4-2;/h2*3H,1H2,2H3;1H2. The fraction of sp³-hybridized carbons (Fsp3) is 0.333. The Bertz CT molecular complexity index is 44.3. The molecule has 9 heavy (non-hydrogen) atoms. The first kappa shape index (κ1) is 15.7. The minimum atomic E-state index is 0. The molecule has 0 rings (SSSR count). The highest BCUT2D eigenvalue weighted by Crippen LogP contribution is 1.52. The summed E-state index contributed by atoms with van der Waals surface area (Å²) >= 11 is 0. The second-order valence-corrected chi connectivity index (χ2v) is 0.805. The van der Waals surface area contributed by atoms with Crippen molar-refractivity contribution in [3.63, 3.8) is 0 Å². The van der Waals surface area contributed by atoms with E-state index in [4.69, 9.17) is 0 Å². The second-order valence-electron chi connectivity index (χ2n) is 0.805. The summed E-state index contributed by atoms with van der Waals surface area (Å²) in [4.78, 5) is 0. The monoisotopic (exact) mass is 134 g/mol. The van der Waals surface area contributed by atoms with Crippen LogP contribution in [0.25, 0.3) is 0 Å². The molecule has 0 saturated carbocycles. The molecule has 2 N–H and O–H groups in total. The highest BCUT2D eigenvalue weighted by atomic mass is 16.5. The van der Waals surface area contributed by atoms with Gasteiger partial charge in [0, 0.05) is 0 Å². The van der Waals surface area contributed by atoms with E-state index in [-0.39, 0.29) is 5.48 Å². The molecule has 0 amide bonds. The molecule has 0 aliphatic heterocycles. The largest absolute Gasteiger partial charge is 0.505 e. The van der Waals surface area contributed by atoms with Gasteiger partial charge < -0.3 is 14.9 Å². The third kappa shape index (κ3) is 165. The molecule has 0 heterocycles. The smallest absolute Gasteiger partial charge is 0.0766 e. The summed E-state index contributed by atoms with van der Waals surface area (Å²) in [5.41, 5.74) is 0. The van der Waals surface area contributed by atoms with E-state index in [1.807, 2.05) is 0 Å². The van der Waals surface area contributed by atoms with Gasteiger partial charge in [-0.2, -0.15) is 0 Å². The molecule has 0 aliphatic carbocycles. The lowest BCUT2D eigenvalue weighted by atomic mass is 11.2. The molecule has 3 nitrogen and oxygen atoms in total. The van der Waals surface area contributed by atoms with E-state index in [2.05, 4.69) is 22.6 Å². The summed E-state index contributed by atoms with van der Waals surface area (Å²) in [6.07, 6.45) is 2.75. The lowest BCUT2D eigenvalue weighted by Gasteiger charge is -1.73. The van der Waals surface area contributed by atoms with Gasteiger partial charge in [0.2, 0.25) is 0 Å². The fourth-order valence-electron chi connectivity index (χ4n) is 0. The quantitative estimate of drug-likeness (QED) is 0.523. The summed E-state index contributed by atoms with van der Waals surface area (Å²) in [5.74, 6) is 0. The summed E-state index contributed by atoms with van der Waals surface area (Å²) in [7, 11) is 3.12. The summed E-state index contributed by atoms with van der Waals surface area (Å²) in [6, 6.07) is 0. The fourth-order valence-corrected chi connectivity index (χ4v) is 0. The first-order valence-electron chi connectivity index (χ1n) is 2.10. The molecule has 0 bridgehead atoms. The van der Waals surface area contributed by atoms with Crippen molar-refractivity contribution in [3.05, 3.63) is 25.7 Å². The van der Waals surface area contributed by atoms with E-state index < -0.39 is 0 Å². The average molecular weight is 134 g/mol. The van der Waals surface area contributed by atoms with Gasteiger partial charge in [0.25, 0.3) is 0 Å². The van der Waals surface area contributed by atoms with E-state index >= 15 is 0 Å². The van der Waals surface area contributed by atoms with Gasteiger partial charge >= 0.3 is 0 Å². The van der Waals surface area contributed by atoms with Gasteiger partial charge in [-0.3, -0.25) is 0 Å². The Morgan fingerprint density at radius 2 is 1.11 bits per heavy atom. The van der Waals surface area contributed by atoms with Crippen molar-refractivity contribution in [2.24, 2.45) is 0 Å². The number of ether oxygens (including phenoxy) is 2. The lowest BCUT2D eigenvalue weighted by molar-refractivity contribution is 0.339. The van der Waals surface area contributed by atoms with Crippen molar-refractivity contribution < 1.29 is 14.9 Å². The van der Waals surface area contributed by atoms with Crippen LogP contribution >= 0.6 is 0 Å². The third-order valence-corrected chi connectivity index (χ3v) is 0.333. The van der Waals surface area contributed by atoms with Crippen LogP contribution in [-0.2, 0) is 9.47 Å². The molecule has 3 heteroatoms. The first-order chi connectivity index (χ1) is 3.83. The maximum Gasteiger partial charge on any atom is 0.0766 e. The van der Waals surface area contributed by atoms with Crippen molar-refractivity contribution in [2.45, 2.75) is 0 Å². The highest BCUT2D eigenvalue weighted by molar-refractivity contribution is 4.43. The van der Waals surface area contributed by atoms with Crippen molar-refractivity contribution in [1.82, 2.24) is 0 Å². The molecule has 0 atom stereocenters. The first-order valence-corrected chi connectivity index (χ1v) is 2.10. The topological polar surface area (TPSA) is 50.0 Å². The number of rotatable bonds is 2.